The molecule has 10 heteroatoms. The Kier molecular flexibility index (Phi) is 6.29. The number of ether oxygens (including phenoxy) is 1. The largest absolute Gasteiger partial charge is 0.431 e. The summed E-state index contributed by atoms with van der Waals surface area (Å²) in [7, 11) is 0. The molecule has 3 aromatic rings. The topological polar surface area (TPSA) is 75.9 Å². The third kappa shape index (κ3) is 4.15. The Hall–Kier alpha value is -2.78. The molecule has 6 nitrogen and oxygen atoms in total. The number of rotatable bonds is 5. The van der Waals surface area contributed by atoms with Gasteiger partial charge in [0.1, 0.15) is 11.6 Å². The SMILES string of the molecule is C.O=c1c(CO)c(Nc2ccc(F)c(Cl)c2)nc2c(OC(F)F)cccn12. The van der Waals surface area contributed by atoms with Crippen LogP contribution in [0.15, 0.2) is 41.3 Å². The zero-order chi connectivity index (χ0) is 18.8. The van der Waals surface area contributed by atoms with Crippen LogP contribution in [0.4, 0.5) is 24.7 Å². The summed E-state index contributed by atoms with van der Waals surface area (Å²) in [6, 6.07) is 6.26. The molecule has 0 aliphatic heterocycles. The summed E-state index contributed by atoms with van der Waals surface area (Å²) < 4.78 is 43.8. The van der Waals surface area contributed by atoms with Gasteiger partial charge in [0, 0.05) is 11.9 Å². The van der Waals surface area contributed by atoms with E-state index in [2.05, 4.69) is 15.0 Å². The number of fused-ring (bicyclic) bond motifs is 1. The van der Waals surface area contributed by atoms with Crippen LogP contribution in [0.3, 0.4) is 0 Å². The smallest absolute Gasteiger partial charge is 0.387 e. The van der Waals surface area contributed by atoms with E-state index >= 15 is 0 Å². The molecule has 0 radical (unpaired) electrons. The van der Waals surface area contributed by atoms with Crippen LogP contribution in [0, 0.1) is 5.82 Å². The number of aromatic nitrogens is 2. The maximum absolute atomic E-state index is 13.3. The molecule has 0 saturated heterocycles. The van der Waals surface area contributed by atoms with E-state index in [1.54, 1.807) is 0 Å². The predicted octanol–water partition coefficient (Wildman–Crippen LogP) is 3.96. The number of pyridine rings is 1. The van der Waals surface area contributed by atoms with Crippen molar-refractivity contribution in [3.05, 3.63) is 63.3 Å². The van der Waals surface area contributed by atoms with Crippen LogP contribution in [-0.2, 0) is 6.61 Å². The number of alkyl halides is 2. The molecule has 1 aromatic carbocycles. The van der Waals surface area contributed by atoms with Crippen LogP contribution in [0.1, 0.15) is 13.0 Å². The van der Waals surface area contributed by atoms with Crippen LogP contribution in [0.2, 0.25) is 5.02 Å². The molecule has 27 heavy (non-hydrogen) atoms. The van der Waals surface area contributed by atoms with Gasteiger partial charge in [-0.05, 0) is 30.3 Å². The molecule has 2 aromatic heterocycles. The molecule has 3 rings (SSSR count). The molecule has 0 spiro atoms. The van der Waals surface area contributed by atoms with Gasteiger partial charge < -0.3 is 15.2 Å². The minimum Gasteiger partial charge on any atom is -0.431 e. The molecule has 0 saturated carbocycles. The van der Waals surface area contributed by atoms with Crippen molar-refractivity contribution in [1.82, 2.24) is 9.38 Å². The molecule has 0 atom stereocenters. The van der Waals surface area contributed by atoms with Crippen molar-refractivity contribution in [1.29, 1.82) is 0 Å². The lowest BCUT2D eigenvalue weighted by Gasteiger charge is -2.14. The second-order valence-electron chi connectivity index (χ2n) is 5.10. The van der Waals surface area contributed by atoms with Crippen molar-refractivity contribution in [2.24, 2.45) is 0 Å². The molecule has 0 bridgehead atoms. The van der Waals surface area contributed by atoms with E-state index in [9.17, 15) is 23.1 Å². The summed E-state index contributed by atoms with van der Waals surface area (Å²) in [5.41, 5.74) is -0.676. The summed E-state index contributed by atoms with van der Waals surface area (Å²) in [4.78, 5) is 16.6. The molecular formula is C17H15ClF3N3O3. The Labute approximate surface area is 156 Å². The van der Waals surface area contributed by atoms with E-state index in [0.29, 0.717) is 0 Å². The third-order valence-electron chi connectivity index (χ3n) is 3.47. The van der Waals surface area contributed by atoms with Gasteiger partial charge in [0.05, 0.1) is 17.2 Å². The maximum Gasteiger partial charge on any atom is 0.387 e. The number of benzene rings is 1. The van der Waals surface area contributed by atoms with Gasteiger partial charge in [0.25, 0.3) is 5.56 Å². The predicted molar refractivity (Wildman–Crippen MR) is 95.4 cm³/mol. The minimum atomic E-state index is -3.11. The van der Waals surface area contributed by atoms with Crippen molar-refractivity contribution < 1.29 is 23.0 Å². The van der Waals surface area contributed by atoms with Crippen molar-refractivity contribution in [3.63, 3.8) is 0 Å². The van der Waals surface area contributed by atoms with E-state index in [-0.39, 0.29) is 40.9 Å². The number of halogens is 4. The number of nitrogens with zero attached hydrogens (tertiary/aromatic N) is 2. The summed E-state index contributed by atoms with van der Waals surface area (Å²) in [6.45, 7) is -3.77. The average molecular weight is 402 g/mol. The molecule has 0 aliphatic rings. The third-order valence-corrected chi connectivity index (χ3v) is 3.76. The van der Waals surface area contributed by atoms with E-state index < -0.39 is 24.6 Å². The lowest BCUT2D eigenvalue weighted by atomic mass is 10.2. The Morgan fingerprint density at radius 1 is 1.33 bits per heavy atom. The van der Waals surface area contributed by atoms with E-state index in [1.807, 2.05) is 0 Å². The van der Waals surface area contributed by atoms with Gasteiger partial charge in [0.2, 0.25) is 0 Å². The zero-order valence-corrected chi connectivity index (χ0v) is 13.7. The van der Waals surface area contributed by atoms with Crippen LogP contribution < -0.4 is 15.6 Å². The number of aliphatic hydroxyl groups excluding tert-OH is 1. The first kappa shape index (κ1) is 20.5. The first-order valence-corrected chi connectivity index (χ1v) is 7.60. The number of hydrogen-bond acceptors (Lipinski definition) is 5. The number of anilines is 2. The Morgan fingerprint density at radius 3 is 2.70 bits per heavy atom. The molecule has 2 N–H and O–H groups in total. The van der Waals surface area contributed by atoms with Crippen LogP contribution >= 0.6 is 11.6 Å². The first-order valence-electron chi connectivity index (χ1n) is 7.22. The molecule has 0 unspecified atom stereocenters. The summed E-state index contributed by atoms with van der Waals surface area (Å²) in [5.74, 6) is -1.05. The van der Waals surface area contributed by atoms with Crippen LogP contribution in [-0.4, -0.2) is 21.1 Å². The zero-order valence-electron chi connectivity index (χ0n) is 12.9. The maximum atomic E-state index is 13.3. The molecule has 0 aliphatic carbocycles. The van der Waals surface area contributed by atoms with Crippen molar-refractivity contribution in [2.75, 3.05) is 5.32 Å². The molecule has 0 amide bonds. The van der Waals surface area contributed by atoms with Crippen molar-refractivity contribution >= 4 is 28.8 Å². The Morgan fingerprint density at radius 2 is 2.07 bits per heavy atom. The summed E-state index contributed by atoms with van der Waals surface area (Å²) >= 11 is 5.71. The Balaban J connectivity index is 0.00000261. The molecule has 0 fully saturated rings. The second kappa shape index (κ2) is 8.28. The van der Waals surface area contributed by atoms with Crippen LogP contribution in [0.25, 0.3) is 5.65 Å². The quantitative estimate of drug-likeness (QED) is 0.676. The highest BCUT2D eigenvalue weighted by molar-refractivity contribution is 6.31. The highest BCUT2D eigenvalue weighted by Gasteiger charge is 2.17. The van der Waals surface area contributed by atoms with Gasteiger partial charge in [0.15, 0.2) is 11.4 Å². The highest BCUT2D eigenvalue weighted by Crippen LogP contribution is 2.25. The molecule has 144 valence electrons. The normalized spacial score (nSPS) is 10.7. The van der Waals surface area contributed by atoms with Crippen LogP contribution in [0.5, 0.6) is 5.75 Å². The van der Waals surface area contributed by atoms with Gasteiger partial charge in [-0.1, -0.05) is 19.0 Å². The van der Waals surface area contributed by atoms with Crippen molar-refractivity contribution in [2.45, 2.75) is 20.6 Å². The van der Waals surface area contributed by atoms with Gasteiger partial charge in [-0.3, -0.25) is 9.20 Å². The van der Waals surface area contributed by atoms with Crippen molar-refractivity contribution in [3.8, 4) is 5.75 Å². The molecule has 2 heterocycles. The number of nitrogens with one attached hydrogen (secondary N) is 1. The van der Waals surface area contributed by atoms with Gasteiger partial charge in [-0.15, -0.1) is 0 Å². The van der Waals surface area contributed by atoms with E-state index in [0.717, 1.165) is 10.5 Å². The molecular weight excluding hydrogens is 387 g/mol. The van der Waals surface area contributed by atoms with Gasteiger partial charge in [-0.25, -0.2) is 9.37 Å². The average Bonchev–Trinajstić information content (AvgIpc) is 2.59. The first-order chi connectivity index (χ1) is 12.4. The summed E-state index contributed by atoms with van der Waals surface area (Å²) in [6.07, 6.45) is 1.31. The Bertz CT molecular complexity index is 1030. The standard InChI is InChI=1S/C16H11ClF3N3O3.CH4/c17-10-6-8(3-4-11(10)18)21-13-9(7-24)15(25)23-5-1-2-12(14(23)22-13)26-16(19)20;/h1-6,16,21,24H,7H2;1H4. The lowest BCUT2D eigenvalue weighted by molar-refractivity contribution is -0.0491. The summed E-state index contributed by atoms with van der Waals surface area (Å²) in [5, 5.41) is 12.1. The van der Waals surface area contributed by atoms with Gasteiger partial charge >= 0.3 is 6.61 Å². The highest BCUT2D eigenvalue weighted by atomic mass is 35.5. The minimum absolute atomic E-state index is 0. The van der Waals surface area contributed by atoms with E-state index in [4.69, 9.17) is 11.6 Å². The fourth-order valence-corrected chi connectivity index (χ4v) is 2.50. The number of aliphatic hydroxyl groups is 1. The monoisotopic (exact) mass is 401 g/mol. The number of hydrogen-bond donors (Lipinski definition) is 2. The fraction of sp³-hybridized carbons (Fsp3) is 0.176. The fourth-order valence-electron chi connectivity index (χ4n) is 2.32. The van der Waals surface area contributed by atoms with Gasteiger partial charge in [-0.2, -0.15) is 8.78 Å². The van der Waals surface area contributed by atoms with E-state index in [1.165, 1.54) is 30.5 Å². The lowest BCUT2D eigenvalue weighted by Crippen LogP contribution is -2.22. The second-order valence-corrected chi connectivity index (χ2v) is 5.51.